The third kappa shape index (κ3) is 1.84. The predicted octanol–water partition coefficient (Wildman–Crippen LogP) is 2.11. The van der Waals surface area contributed by atoms with E-state index in [1.807, 2.05) is 0 Å². The average Bonchev–Trinajstić information content (AvgIpc) is 2.34. The van der Waals surface area contributed by atoms with Gasteiger partial charge in [0.2, 0.25) is 0 Å². The molecule has 0 bridgehead atoms. The molecule has 0 spiro atoms. The molecule has 1 saturated heterocycles. The largest absolute Gasteiger partial charge is 0.377 e. The van der Waals surface area contributed by atoms with Crippen molar-refractivity contribution in [1.29, 1.82) is 0 Å². The van der Waals surface area contributed by atoms with Crippen molar-refractivity contribution in [3.8, 4) is 0 Å². The summed E-state index contributed by atoms with van der Waals surface area (Å²) in [5, 5.41) is 3.96. The minimum atomic E-state index is -0.311. The lowest BCUT2D eigenvalue weighted by molar-refractivity contribution is -0.00343. The Hall–Kier alpha value is -1.94. The van der Waals surface area contributed by atoms with Crippen molar-refractivity contribution in [3.05, 3.63) is 47.8 Å². The molecular weight excluding hydrogens is 233 g/mol. The van der Waals surface area contributed by atoms with E-state index >= 15 is 0 Å². The maximum absolute atomic E-state index is 13.6. The Morgan fingerprint density at radius 3 is 2.56 bits per heavy atom. The van der Waals surface area contributed by atoms with E-state index in [0.717, 1.165) is 0 Å². The lowest BCUT2D eigenvalue weighted by Gasteiger charge is -2.27. The molecule has 2 aromatic rings. The Kier molecular flexibility index (Phi) is 2.72. The van der Waals surface area contributed by atoms with Gasteiger partial charge in [-0.3, -0.25) is 4.79 Å². The molecule has 1 N–H and O–H groups in total. The highest BCUT2D eigenvalue weighted by Crippen LogP contribution is 2.22. The van der Waals surface area contributed by atoms with Crippen molar-refractivity contribution in [2.75, 3.05) is 13.2 Å². The molecule has 1 amide bonds. The van der Waals surface area contributed by atoms with Crippen LogP contribution in [-0.4, -0.2) is 25.2 Å². The van der Waals surface area contributed by atoms with Gasteiger partial charge in [0, 0.05) is 10.9 Å². The molecule has 3 rings (SSSR count). The van der Waals surface area contributed by atoms with Crippen LogP contribution in [-0.2, 0) is 4.74 Å². The molecule has 0 radical (unpaired) electrons. The number of carbonyl (C=O) groups is 1. The van der Waals surface area contributed by atoms with Crippen LogP contribution in [0.5, 0.6) is 0 Å². The summed E-state index contributed by atoms with van der Waals surface area (Å²) >= 11 is 0. The van der Waals surface area contributed by atoms with Gasteiger partial charge in [0.1, 0.15) is 5.82 Å². The van der Waals surface area contributed by atoms with Crippen LogP contribution in [0.25, 0.3) is 10.8 Å². The lowest BCUT2D eigenvalue weighted by Crippen LogP contribution is -2.48. The van der Waals surface area contributed by atoms with Gasteiger partial charge in [-0.25, -0.2) is 4.39 Å². The SMILES string of the molecule is O=C(NC1COC1)c1ccc(F)c2ccccc12. The fourth-order valence-corrected chi connectivity index (χ4v) is 2.04. The van der Waals surface area contributed by atoms with Gasteiger partial charge >= 0.3 is 0 Å². The van der Waals surface area contributed by atoms with Gasteiger partial charge in [0.15, 0.2) is 0 Å². The zero-order valence-corrected chi connectivity index (χ0v) is 9.65. The maximum Gasteiger partial charge on any atom is 0.252 e. The summed E-state index contributed by atoms with van der Waals surface area (Å²) < 4.78 is 18.6. The van der Waals surface area contributed by atoms with Crippen molar-refractivity contribution in [2.24, 2.45) is 0 Å². The molecule has 0 aliphatic carbocycles. The zero-order chi connectivity index (χ0) is 12.5. The highest BCUT2D eigenvalue weighted by atomic mass is 19.1. The molecule has 2 aromatic carbocycles. The molecule has 18 heavy (non-hydrogen) atoms. The van der Waals surface area contributed by atoms with Crippen molar-refractivity contribution < 1.29 is 13.9 Å². The van der Waals surface area contributed by atoms with Crippen LogP contribution in [0.1, 0.15) is 10.4 Å². The van der Waals surface area contributed by atoms with Crippen LogP contribution < -0.4 is 5.32 Å². The molecule has 1 fully saturated rings. The first-order valence-electron chi connectivity index (χ1n) is 5.81. The third-order valence-corrected chi connectivity index (χ3v) is 3.09. The monoisotopic (exact) mass is 245 g/mol. The summed E-state index contributed by atoms with van der Waals surface area (Å²) in [5.41, 5.74) is 0.499. The summed E-state index contributed by atoms with van der Waals surface area (Å²) in [6, 6.07) is 9.90. The normalized spacial score (nSPS) is 15.4. The van der Waals surface area contributed by atoms with Crippen LogP contribution in [0, 0.1) is 5.82 Å². The summed E-state index contributed by atoms with van der Waals surface area (Å²) in [6.07, 6.45) is 0. The third-order valence-electron chi connectivity index (χ3n) is 3.09. The number of hydrogen-bond donors (Lipinski definition) is 1. The number of halogens is 1. The second-order valence-corrected chi connectivity index (χ2v) is 4.35. The summed E-state index contributed by atoms with van der Waals surface area (Å²) in [6.45, 7) is 1.09. The van der Waals surface area contributed by atoms with Gasteiger partial charge in [-0.2, -0.15) is 0 Å². The van der Waals surface area contributed by atoms with Crippen LogP contribution >= 0.6 is 0 Å². The van der Waals surface area contributed by atoms with E-state index in [1.54, 1.807) is 24.3 Å². The van der Waals surface area contributed by atoms with Crippen LogP contribution in [0.4, 0.5) is 4.39 Å². The van der Waals surface area contributed by atoms with Crippen LogP contribution in [0.3, 0.4) is 0 Å². The quantitative estimate of drug-likeness (QED) is 0.880. The fourth-order valence-electron chi connectivity index (χ4n) is 2.04. The van der Waals surface area contributed by atoms with Gasteiger partial charge in [0.05, 0.1) is 19.3 Å². The minimum Gasteiger partial charge on any atom is -0.377 e. The van der Waals surface area contributed by atoms with Gasteiger partial charge in [-0.15, -0.1) is 0 Å². The molecule has 1 heterocycles. The molecule has 0 aromatic heterocycles. The molecule has 92 valence electrons. The van der Waals surface area contributed by atoms with E-state index in [9.17, 15) is 9.18 Å². The van der Waals surface area contributed by atoms with E-state index in [0.29, 0.717) is 29.5 Å². The molecular formula is C14H12FNO2. The minimum absolute atomic E-state index is 0.0707. The van der Waals surface area contributed by atoms with Crippen molar-refractivity contribution >= 4 is 16.7 Å². The van der Waals surface area contributed by atoms with Crippen LogP contribution in [0.15, 0.2) is 36.4 Å². The molecule has 0 atom stereocenters. The lowest BCUT2D eigenvalue weighted by atomic mass is 10.0. The number of fused-ring (bicyclic) bond motifs is 1. The Bertz CT molecular complexity index is 608. The first-order chi connectivity index (χ1) is 8.75. The topological polar surface area (TPSA) is 38.3 Å². The number of nitrogens with one attached hydrogen (secondary N) is 1. The van der Waals surface area contributed by atoms with Crippen molar-refractivity contribution in [2.45, 2.75) is 6.04 Å². The Morgan fingerprint density at radius 2 is 1.89 bits per heavy atom. The van der Waals surface area contributed by atoms with Gasteiger partial charge in [-0.1, -0.05) is 24.3 Å². The van der Waals surface area contributed by atoms with E-state index in [2.05, 4.69) is 5.32 Å². The van der Waals surface area contributed by atoms with E-state index in [4.69, 9.17) is 4.74 Å². The summed E-state index contributed by atoms with van der Waals surface area (Å²) in [7, 11) is 0. The summed E-state index contributed by atoms with van der Waals surface area (Å²) in [4.78, 5) is 12.1. The van der Waals surface area contributed by atoms with Gasteiger partial charge < -0.3 is 10.1 Å². The van der Waals surface area contributed by atoms with Gasteiger partial charge in [-0.05, 0) is 17.5 Å². The second-order valence-electron chi connectivity index (χ2n) is 4.35. The standard InChI is InChI=1S/C14H12FNO2/c15-13-6-5-12(10-3-1-2-4-11(10)13)14(17)16-9-7-18-8-9/h1-6,9H,7-8H2,(H,16,17). The molecule has 0 saturated carbocycles. The van der Waals surface area contributed by atoms with E-state index < -0.39 is 0 Å². The van der Waals surface area contributed by atoms with Crippen molar-refractivity contribution in [1.82, 2.24) is 5.32 Å². The first kappa shape index (κ1) is 11.2. The number of amides is 1. The van der Waals surface area contributed by atoms with Crippen LogP contribution in [0.2, 0.25) is 0 Å². The number of ether oxygens (including phenoxy) is 1. The summed E-state index contributed by atoms with van der Waals surface area (Å²) in [5.74, 6) is -0.492. The average molecular weight is 245 g/mol. The number of benzene rings is 2. The number of carbonyl (C=O) groups excluding carboxylic acids is 1. The Labute approximate surface area is 104 Å². The molecule has 3 nitrogen and oxygen atoms in total. The first-order valence-corrected chi connectivity index (χ1v) is 5.81. The van der Waals surface area contributed by atoms with E-state index in [-0.39, 0.29) is 17.8 Å². The van der Waals surface area contributed by atoms with Gasteiger partial charge in [0.25, 0.3) is 5.91 Å². The fraction of sp³-hybridized carbons (Fsp3) is 0.214. The number of rotatable bonds is 2. The highest BCUT2D eigenvalue weighted by Gasteiger charge is 2.22. The molecule has 1 aliphatic rings. The maximum atomic E-state index is 13.6. The Balaban J connectivity index is 2.00. The number of hydrogen-bond acceptors (Lipinski definition) is 2. The smallest absolute Gasteiger partial charge is 0.252 e. The highest BCUT2D eigenvalue weighted by molar-refractivity contribution is 6.07. The second kappa shape index (κ2) is 4.38. The predicted molar refractivity (Wildman–Crippen MR) is 66.0 cm³/mol. The molecule has 4 heteroatoms. The Morgan fingerprint density at radius 1 is 1.17 bits per heavy atom. The molecule has 0 unspecified atom stereocenters. The zero-order valence-electron chi connectivity index (χ0n) is 9.65. The van der Waals surface area contributed by atoms with E-state index in [1.165, 1.54) is 12.1 Å². The van der Waals surface area contributed by atoms with Crippen molar-refractivity contribution in [3.63, 3.8) is 0 Å². The molecule has 1 aliphatic heterocycles.